The summed E-state index contributed by atoms with van der Waals surface area (Å²) in [6, 6.07) is 6.00. The lowest BCUT2D eigenvalue weighted by molar-refractivity contribution is 1.18. The Labute approximate surface area is 102 Å². The second-order valence-electron chi connectivity index (χ2n) is 3.36. The van der Waals surface area contributed by atoms with Crippen molar-refractivity contribution < 1.29 is 0 Å². The standard InChI is InChI=1S/C14H17NS/c1-3-4-5-8-13(2)11-16-12-14-9-6-7-10-15-14/h3-10H,2,11-12H2,1H3/b4-3-,8-5-. The summed E-state index contributed by atoms with van der Waals surface area (Å²) in [5.74, 6) is 1.89. The van der Waals surface area contributed by atoms with Crippen molar-refractivity contribution in [2.75, 3.05) is 5.75 Å². The first-order valence-corrected chi connectivity index (χ1v) is 6.43. The van der Waals surface area contributed by atoms with Gasteiger partial charge >= 0.3 is 0 Å². The SMILES string of the molecule is C=C(/C=C\C=C/C)CSCc1ccccn1. The van der Waals surface area contributed by atoms with Crippen LogP contribution in [0.15, 0.2) is 60.9 Å². The highest BCUT2D eigenvalue weighted by molar-refractivity contribution is 7.98. The normalized spacial score (nSPS) is 11.3. The van der Waals surface area contributed by atoms with Gasteiger partial charge in [0.05, 0.1) is 5.69 Å². The number of pyridine rings is 1. The van der Waals surface area contributed by atoms with Gasteiger partial charge in [-0.05, 0) is 24.6 Å². The molecule has 1 nitrogen and oxygen atoms in total. The predicted molar refractivity (Wildman–Crippen MR) is 73.5 cm³/mol. The molecule has 0 unspecified atom stereocenters. The lowest BCUT2D eigenvalue weighted by atomic mass is 10.3. The van der Waals surface area contributed by atoms with Gasteiger partial charge in [0.15, 0.2) is 0 Å². The maximum absolute atomic E-state index is 4.27. The number of nitrogens with zero attached hydrogens (tertiary/aromatic N) is 1. The van der Waals surface area contributed by atoms with Crippen LogP contribution >= 0.6 is 11.8 Å². The van der Waals surface area contributed by atoms with Crippen LogP contribution in [0.4, 0.5) is 0 Å². The summed E-state index contributed by atoms with van der Waals surface area (Å²) >= 11 is 1.84. The largest absolute Gasteiger partial charge is 0.260 e. The molecule has 1 aromatic rings. The third-order valence-electron chi connectivity index (χ3n) is 1.90. The molecular formula is C14H17NS. The third kappa shape index (κ3) is 5.56. The first-order chi connectivity index (χ1) is 7.83. The average molecular weight is 231 g/mol. The van der Waals surface area contributed by atoms with Crippen LogP contribution in [0.5, 0.6) is 0 Å². The molecule has 16 heavy (non-hydrogen) atoms. The summed E-state index contributed by atoms with van der Waals surface area (Å²) in [5, 5.41) is 0. The van der Waals surface area contributed by atoms with Gasteiger partial charge in [0.25, 0.3) is 0 Å². The smallest absolute Gasteiger partial charge is 0.0502 e. The highest BCUT2D eigenvalue weighted by atomic mass is 32.2. The first kappa shape index (κ1) is 12.8. The van der Waals surface area contributed by atoms with Gasteiger partial charge < -0.3 is 0 Å². The minimum absolute atomic E-state index is 0.942. The van der Waals surface area contributed by atoms with Crippen LogP contribution in [-0.4, -0.2) is 10.7 Å². The Balaban J connectivity index is 2.23. The van der Waals surface area contributed by atoms with Gasteiger partial charge in [0, 0.05) is 17.7 Å². The number of rotatable bonds is 6. The summed E-state index contributed by atoms with van der Waals surface area (Å²) in [5.41, 5.74) is 2.26. The topological polar surface area (TPSA) is 12.9 Å². The lowest BCUT2D eigenvalue weighted by Crippen LogP contribution is -1.87. The molecule has 0 aliphatic heterocycles. The van der Waals surface area contributed by atoms with Crippen molar-refractivity contribution in [3.8, 4) is 0 Å². The van der Waals surface area contributed by atoms with Crippen LogP contribution in [-0.2, 0) is 5.75 Å². The van der Waals surface area contributed by atoms with Gasteiger partial charge in [-0.1, -0.05) is 36.9 Å². The van der Waals surface area contributed by atoms with E-state index < -0.39 is 0 Å². The zero-order chi connectivity index (χ0) is 11.6. The van der Waals surface area contributed by atoms with E-state index >= 15 is 0 Å². The number of hydrogen-bond acceptors (Lipinski definition) is 2. The molecule has 1 rings (SSSR count). The van der Waals surface area contributed by atoms with Gasteiger partial charge in [0.1, 0.15) is 0 Å². The molecule has 0 N–H and O–H groups in total. The second kappa shape index (κ2) is 7.94. The number of thioether (sulfide) groups is 1. The predicted octanol–water partition coefficient (Wildman–Crippen LogP) is 4.00. The molecule has 84 valence electrons. The summed E-state index contributed by atoms with van der Waals surface area (Å²) in [4.78, 5) is 4.27. The molecule has 1 heterocycles. The fourth-order valence-corrected chi connectivity index (χ4v) is 1.96. The Morgan fingerprint density at radius 1 is 1.44 bits per heavy atom. The molecule has 0 saturated carbocycles. The Bertz CT molecular complexity index is 366. The Hall–Kier alpha value is -1.28. The molecule has 0 aliphatic rings. The van der Waals surface area contributed by atoms with Crippen molar-refractivity contribution in [1.29, 1.82) is 0 Å². The monoisotopic (exact) mass is 231 g/mol. The summed E-state index contributed by atoms with van der Waals surface area (Å²) in [6.07, 6.45) is 9.91. The number of hydrogen-bond donors (Lipinski definition) is 0. The van der Waals surface area contributed by atoms with E-state index in [2.05, 4.69) is 11.6 Å². The molecule has 0 bridgehead atoms. The molecular weight excluding hydrogens is 214 g/mol. The molecule has 0 saturated heterocycles. The Kier molecular flexibility index (Phi) is 6.35. The van der Waals surface area contributed by atoms with Crippen LogP contribution in [0.3, 0.4) is 0 Å². The Morgan fingerprint density at radius 3 is 3.00 bits per heavy atom. The van der Waals surface area contributed by atoms with E-state index in [0.29, 0.717) is 0 Å². The molecule has 0 aromatic carbocycles. The quantitative estimate of drug-likeness (QED) is 0.686. The van der Waals surface area contributed by atoms with Crippen molar-refractivity contribution in [2.24, 2.45) is 0 Å². The van der Waals surface area contributed by atoms with Gasteiger partial charge in [-0.3, -0.25) is 4.98 Å². The van der Waals surface area contributed by atoms with E-state index in [4.69, 9.17) is 0 Å². The van der Waals surface area contributed by atoms with Crippen molar-refractivity contribution in [1.82, 2.24) is 4.98 Å². The summed E-state index contributed by atoms with van der Waals surface area (Å²) in [6.45, 7) is 6.00. The summed E-state index contributed by atoms with van der Waals surface area (Å²) < 4.78 is 0. The fourth-order valence-electron chi connectivity index (χ4n) is 1.12. The minimum atomic E-state index is 0.942. The lowest BCUT2D eigenvalue weighted by Gasteiger charge is -2.00. The van der Waals surface area contributed by atoms with Crippen molar-refractivity contribution >= 4 is 11.8 Å². The highest BCUT2D eigenvalue weighted by Gasteiger charge is 1.94. The fraction of sp³-hybridized carbons (Fsp3) is 0.214. The zero-order valence-corrected chi connectivity index (χ0v) is 10.4. The van der Waals surface area contributed by atoms with E-state index in [1.54, 1.807) is 0 Å². The van der Waals surface area contributed by atoms with Crippen molar-refractivity contribution in [3.63, 3.8) is 0 Å². The van der Waals surface area contributed by atoms with E-state index in [1.165, 1.54) is 0 Å². The maximum atomic E-state index is 4.27. The van der Waals surface area contributed by atoms with E-state index in [-0.39, 0.29) is 0 Å². The number of aromatic nitrogens is 1. The van der Waals surface area contributed by atoms with Crippen molar-refractivity contribution in [3.05, 3.63) is 66.5 Å². The van der Waals surface area contributed by atoms with Crippen LogP contribution in [0.25, 0.3) is 0 Å². The second-order valence-corrected chi connectivity index (χ2v) is 4.34. The molecule has 0 radical (unpaired) electrons. The van der Waals surface area contributed by atoms with Gasteiger partial charge in [-0.25, -0.2) is 0 Å². The Morgan fingerprint density at radius 2 is 2.31 bits per heavy atom. The maximum Gasteiger partial charge on any atom is 0.0502 e. The van der Waals surface area contributed by atoms with Crippen molar-refractivity contribution in [2.45, 2.75) is 12.7 Å². The minimum Gasteiger partial charge on any atom is -0.260 e. The molecule has 0 amide bonds. The van der Waals surface area contributed by atoms with E-state index in [9.17, 15) is 0 Å². The third-order valence-corrected chi connectivity index (χ3v) is 2.97. The highest BCUT2D eigenvalue weighted by Crippen LogP contribution is 2.13. The molecule has 0 spiro atoms. The van der Waals surface area contributed by atoms with Crippen LogP contribution in [0.2, 0.25) is 0 Å². The molecule has 0 atom stereocenters. The van der Waals surface area contributed by atoms with Gasteiger partial charge in [-0.2, -0.15) is 11.8 Å². The first-order valence-electron chi connectivity index (χ1n) is 5.27. The average Bonchev–Trinajstić information content (AvgIpc) is 2.31. The van der Waals surface area contributed by atoms with Crippen LogP contribution < -0.4 is 0 Å². The molecule has 0 aliphatic carbocycles. The van der Waals surface area contributed by atoms with E-state index in [1.807, 2.05) is 67.4 Å². The van der Waals surface area contributed by atoms with Gasteiger partial charge in [-0.15, -0.1) is 0 Å². The molecule has 1 aromatic heterocycles. The molecule has 0 fully saturated rings. The zero-order valence-electron chi connectivity index (χ0n) is 9.60. The number of allylic oxidation sites excluding steroid dienone is 4. The van der Waals surface area contributed by atoms with Gasteiger partial charge in [0.2, 0.25) is 0 Å². The molecule has 2 heteroatoms. The van der Waals surface area contributed by atoms with E-state index in [0.717, 1.165) is 22.8 Å². The van der Waals surface area contributed by atoms with Crippen LogP contribution in [0, 0.1) is 0 Å². The summed E-state index contributed by atoms with van der Waals surface area (Å²) in [7, 11) is 0. The van der Waals surface area contributed by atoms with Crippen LogP contribution in [0.1, 0.15) is 12.6 Å².